The van der Waals surface area contributed by atoms with Crippen LogP contribution in [0.3, 0.4) is 0 Å². The predicted octanol–water partition coefficient (Wildman–Crippen LogP) is 1.03. The second-order valence-corrected chi connectivity index (χ2v) is 3.96. The number of carboxylic acid groups (broad SMARTS) is 1. The molecule has 0 aliphatic heterocycles. The molecule has 0 heterocycles. The van der Waals surface area contributed by atoms with Crippen LogP contribution in [-0.2, 0) is 4.79 Å². The van der Waals surface area contributed by atoms with E-state index in [1.165, 1.54) is 6.07 Å². The maximum absolute atomic E-state index is 11.0. The standard InChI is InChI=1S/C12H17N3O3/c13-8-4-5-9(12(17)18)10(7-8)15-6-2-1-3-11(14)16/h4-5,7,15H,1-3,6,13H2,(H2,14,16)(H,17,18). The molecule has 0 spiro atoms. The molecule has 0 fully saturated rings. The molecule has 1 aromatic rings. The van der Waals surface area contributed by atoms with Crippen LogP contribution in [0.2, 0.25) is 0 Å². The molecule has 1 rings (SSSR count). The number of anilines is 2. The van der Waals surface area contributed by atoms with Gasteiger partial charge in [-0.05, 0) is 31.0 Å². The molecule has 6 heteroatoms. The zero-order valence-electron chi connectivity index (χ0n) is 9.98. The van der Waals surface area contributed by atoms with Gasteiger partial charge in [-0.15, -0.1) is 0 Å². The van der Waals surface area contributed by atoms with E-state index in [0.717, 1.165) is 6.42 Å². The second kappa shape index (κ2) is 6.48. The summed E-state index contributed by atoms with van der Waals surface area (Å²) in [7, 11) is 0. The number of carbonyl (C=O) groups is 2. The first-order valence-corrected chi connectivity index (χ1v) is 5.65. The normalized spacial score (nSPS) is 10.0. The number of amides is 1. The molecule has 0 bridgehead atoms. The van der Waals surface area contributed by atoms with Crippen molar-refractivity contribution in [2.45, 2.75) is 19.3 Å². The van der Waals surface area contributed by atoms with Gasteiger partial charge in [0.1, 0.15) is 0 Å². The molecule has 0 aromatic heterocycles. The number of rotatable bonds is 7. The minimum atomic E-state index is -1.00. The van der Waals surface area contributed by atoms with Gasteiger partial charge in [-0.3, -0.25) is 4.79 Å². The molecule has 0 aliphatic rings. The highest BCUT2D eigenvalue weighted by Gasteiger charge is 2.09. The largest absolute Gasteiger partial charge is 0.478 e. The van der Waals surface area contributed by atoms with Gasteiger partial charge in [0.2, 0.25) is 5.91 Å². The third-order valence-corrected chi connectivity index (χ3v) is 2.44. The van der Waals surface area contributed by atoms with Crippen LogP contribution in [0.1, 0.15) is 29.6 Å². The average Bonchev–Trinajstić information content (AvgIpc) is 2.27. The molecule has 0 radical (unpaired) electrons. The number of hydrogen-bond donors (Lipinski definition) is 4. The van der Waals surface area contributed by atoms with Crippen molar-refractivity contribution in [2.75, 3.05) is 17.6 Å². The van der Waals surface area contributed by atoms with Crippen LogP contribution in [0, 0.1) is 0 Å². The van der Waals surface area contributed by atoms with Crippen molar-refractivity contribution in [3.05, 3.63) is 23.8 Å². The molecule has 1 aromatic carbocycles. The Morgan fingerprint density at radius 3 is 2.61 bits per heavy atom. The van der Waals surface area contributed by atoms with E-state index >= 15 is 0 Å². The highest BCUT2D eigenvalue weighted by Crippen LogP contribution is 2.19. The fourth-order valence-corrected chi connectivity index (χ4v) is 1.54. The number of hydrogen-bond acceptors (Lipinski definition) is 4. The van der Waals surface area contributed by atoms with Crippen LogP contribution in [0.15, 0.2) is 18.2 Å². The van der Waals surface area contributed by atoms with Crippen LogP contribution in [0.25, 0.3) is 0 Å². The molecule has 0 aliphatic carbocycles. The number of carbonyl (C=O) groups excluding carboxylic acids is 1. The number of unbranched alkanes of at least 4 members (excludes halogenated alkanes) is 1. The van der Waals surface area contributed by atoms with Gasteiger partial charge in [-0.2, -0.15) is 0 Å². The Kier molecular flexibility index (Phi) is 4.98. The second-order valence-electron chi connectivity index (χ2n) is 3.96. The molecular formula is C12H17N3O3. The molecule has 18 heavy (non-hydrogen) atoms. The topological polar surface area (TPSA) is 118 Å². The van der Waals surface area contributed by atoms with Crippen molar-refractivity contribution >= 4 is 23.3 Å². The van der Waals surface area contributed by atoms with Crippen molar-refractivity contribution in [3.8, 4) is 0 Å². The van der Waals surface area contributed by atoms with E-state index in [-0.39, 0.29) is 11.5 Å². The van der Waals surface area contributed by atoms with Gasteiger partial charge in [-0.1, -0.05) is 0 Å². The Labute approximate surface area is 105 Å². The summed E-state index contributed by atoms with van der Waals surface area (Å²) in [6.45, 7) is 0.566. The molecule has 0 saturated heterocycles. The third kappa shape index (κ3) is 4.32. The number of nitrogen functional groups attached to an aromatic ring is 1. The fourth-order valence-electron chi connectivity index (χ4n) is 1.54. The fraction of sp³-hybridized carbons (Fsp3) is 0.333. The van der Waals surface area contributed by atoms with E-state index < -0.39 is 5.97 Å². The summed E-state index contributed by atoms with van der Waals surface area (Å²) in [6, 6.07) is 4.59. The molecule has 0 unspecified atom stereocenters. The molecule has 6 N–H and O–H groups in total. The third-order valence-electron chi connectivity index (χ3n) is 2.44. The quantitative estimate of drug-likeness (QED) is 0.426. The van der Waals surface area contributed by atoms with Gasteiger partial charge in [0.05, 0.1) is 11.3 Å². The van der Waals surface area contributed by atoms with Gasteiger partial charge < -0.3 is 21.9 Å². The molecule has 0 saturated carbocycles. The van der Waals surface area contributed by atoms with Gasteiger partial charge in [-0.25, -0.2) is 4.79 Å². The van der Waals surface area contributed by atoms with Crippen LogP contribution < -0.4 is 16.8 Å². The van der Waals surface area contributed by atoms with Gasteiger partial charge in [0, 0.05) is 18.7 Å². The minimum Gasteiger partial charge on any atom is -0.478 e. The van der Waals surface area contributed by atoms with E-state index in [0.29, 0.717) is 30.8 Å². The first kappa shape index (κ1) is 13.8. The van der Waals surface area contributed by atoms with Gasteiger partial charge >= 0.3 is 5.97 Å². The smallest absolute Gasteiger partial charge is 0.337 e. The van der Waals surface area contributed by atoms with E-state index in [1.807, 2.05) is 0 Å². The maximum Gasteiger partial charge on any atom is 0.337 e. The summed E-state index contributed by atoms with van der Waals surface area (Å²) in [5.41, 5.74) is 11.8. The van der Waals surface area contributed by atoms with Crippen LogP contribution >= 0.6 is 0 Å². The van der Waals surface area contributed by atoms with Gasteiger partial charge in [0.25, 0.3) is 0 Å². The lowest BCUT2D eigenvalue weighted by molar-refractivity contribution is -0.118. The monoisotopic (exact) mass is 251 g/mol. The number of primary amides is 1. The van der Waals surface area contributed by atoms with E-state index in [9.17, 15) is 9.59 Å². The lowest BCUT2D eigenvalue weighted by atomic mass is 10.1. The molecule has 0 atom stereocenters. The lowest BCUT2D eigenvalue weighted by Gasteiger charge is -2.10. The minimum absolute atomic E-state index is 0.180. The Hall–Kier alpha value is -2.24. The molecular weight excluding hydrogens is 234 g/mol. The Bertz CT molecular complexity index is 446. The first-order chi connectivity index (χ1) is 8.50. The van der Waals surface area contributed by atoms with Crippen LogP contribution in [-0.4, -0.2) is 23.5 Å². The summed E-state index contributed by atoms with van der Waals surface area (Å²) < 4.78 is 0. The van der Waals surface area contributed by atoms with Crippen molar-refractivity contribution < 1.29 is 14.7 Å². The Morgan fingerprint density at radius 1 is 1.28 bits per heavy atom. The summed E-state index contributed by atoms with van der Waals surface area (Å²) >= 11 is 0. The summed E-state index contributed by atoms with van der Waals surface area (Å²) in [4.78, 5) is 21.5. The Morgan fingerprint density at radius 2 is 2.00 bits per heavy atom. The van der Waals surface area contributed by atoms with Crippen molar-refractivity contribution in [3.63, 3.8) is 0 Å². The van der Waals surface area contributed by atoms with Crippen LogP contribution in [0.4, 0.5) is 11.4 Å². The summed E-state index contributed by atoms with van der Waals surface area (Å²) in [5.74, 6) is -1.33. The highest BCUT2D eigenvalue weighted by atomic mass is 16.4. The number of benzene rings is 1. The summed E-state index contributed by atoms with van der Waals surface area (Å²) in [6.07, 6.45) is 1.74. The van der Waals surface area contributed by atoms with E-state index in [2.05, 4.69) is 5.32 Å². The van der Waals surface area contributed by atoms with Crippen LogP contribution in [0.5, 0.6) is 0 Å². The van der Waals surface area contributed by atoms with Crippen molar-refractivity contribution in [2.24, 2.45) is 5.73 Å². The van der Waals surface area contributed by atoms with E-state index in [4.69, 9.17) is 16.6 Å². The lowest BCUT2D eigenvalue weighted by Crippen LogP contribution is -2.12. The number of nitrogens with two attached hydrogens (primary N) is 2. The molecule has 98 valence electrons. The molecule has 6 nitrogen and oxygen atoms in total. The predicted molar refractivity (Wildman–Crippen MR) is 69.3 cm³/mol. The Balaban J connectivity index is 2.53. The maximum atomic E-state index is 11.0. The molecule has 1 amide bonds. The van der Waals surface area contributed by atoms with Gasteiger partial charge in [0.15, 0.2) is 0 Å². The van der Waals surface area contributed by atoms with Crippen molar-refractivity contribution in [1.29, 1.82) is 0 Å². The zero-order valence-corrected chi connectivity index (χ0v) is 9.98. The van der Waals surface area contributed by atoms with Crippen molar-refractivity contribution in [1.82, 2.24) is 0 Å². The number of aromatic carboxylic acids is 1. The summed E-state index contributed by atoms with van der Waals surface area (Å²) in [5, 5.41) is 12.0. The average molecular weight is 251 g/mol. The number of nitrogens with one attached hydrogen (secondary N) is 1. The van der Waals surface area contributed by atoms with E-state index in [1.54, 1.807) is 12.1 Å². The SMILES string of the molecule is NC(=O)CCCCNc1cc(N)ccc1C(=O)O. The number of carboxylic acids is 1. The first-order valence-electron chi connectivity index (χ1n) is 5.65. The zero-order chi connectivity index (χ0) is 13.5. The highest BCUT2D eigenvalue weighted by molar-refractivity contribution is 5.95.